The first-order valence-electron chi connectivity index (χ1n) is 7.07. The van der Waals surface area contributed by atoms with Crippen molar-refractivity contribution >= 4 is 5.91 Å². The van der Waals surface area contributed by atoms with Gasteiger partial charge in [-0.1, -0.05) is 26.7 Å². The van der Waals surface area contributed by atoms with Gasteiger partial charge >= 0.3 is 0 Å². The van der Waals surface area contributed by atoms with Crippen LogP contribution in [-0.4, -0.2) is 28.4 Å². The summed E-state index contributed by atoms with van der Waals surface area (Å²) in [4.78, 5) is 28.4. The van der Waals surface area contributed by atoms with Gasteiger partial charge in [0.05, 0.1) is 0 Å². The van der Waals surface area contributed by atoms with E-state index in [-0.39, 0.29) is 11.5 Å². The zero-order chi connectivity index (χ0) is 13.8. The normalized spacial score (nSPS) is 15.9. The highest BCUT2D eigenvalue weighted by Gasteiger charge is 2.27. The van der Waals surface area contributed by atoms with Crippen molar-refractivity contribution < 1.29 is 4.79 Å². The monoisotopic (exact) mass is 262 g/mol. The van der Waals surface area contributed by atoms with Crippen LogP contribution in [-0.2, 0) is 0 Å². The minimum absolute atomic E-state index is 0.00769. The predicted octanol–water partition coefficient (Wildman–Crippen LogP) is 2.42. The van der Waals surface area contributed by atoms with Crippen molar-refractivity contribution in [2.45, 2.75) is 45.6 Å². The van der Waals surface area contributed by atoms with Gasteiger partial charge in [-0.25, -0.2) is 0 Å². The van der Waals surface area contributed by atoms with Crippen molar-refractivity contribution in [3.05, 3.63) is 34.2 Å². The van der Waals surface area contributed by atoms with Crippen LogP contribution >= 0.6 is 0 Å². The second-order valence-electron chi connectivity index (χ2n) is 5.73. The quantitative estimate of drug-likeness (QED) is 0.906. The molecule has 1 N–H and O–H groups in total. The van der Waals surface area contributed by atoms with Crippen molar-refractivity contribution in [1.29, 1.82) is 0 Å². The van der Waals surface area contributed by atoms with Gasteiger partial charge in [-0.3, -0.25) is 9.59 Å². The van der Waals surface area contributed by atoms with E-state index in [1.165, 1.54) is 25.1 Å². The first-order chi connectivity index (χ1) is 9.08. The lowest BCUT2D eigenvalue weighted by atomic mass is 10.1. The second-order valence-corrected chi connectivity index (χ2v) is 5.73. The fourth-order valence-electron chi connectivity index (χ4n) is 2.75. The van der Waals surface area contributed by atoms with Crippen LogP contribution in [0, 0.1) is 5.92 Å². The van der Waals surface area contributed by atoms with Crippen LogP contribution in [0.5, 0.6) is 0 Å². The number of amides is 1. The maximum absolute atomic E-state index is 12.6. The largest absolute Gasteiger partial charge is 0.335 e. The van der Waals surface area contributed by atoms with E-state index in [4.69, 9.17) is 0 Å². The number of aromatic nitrogens is 1. The molecule has 1 aromatic rings. The molecule has 0 saturated heterocycles. The number of H-pyrrole nitrogens is 1. The third-order valence-electron chi connectivity index (χ3n) is 3.61. The van der Waals surface area contributed by atoms with Crippen molar-refractivity contribution in [2.75, 3.05) is 6.54 Å². The second kappa shape index (κ2) is 6.04. The molecule has 0 bridgehead atoms. The Bertz CT molecular complexity index is 487. The average Bonchev–Trinajstić information content (AvgIpc) is 2.88. The number of rotatable bonds is 4. The Morgan fingerprint density at radius 2 is 2.11 bits per heavy atom. The fourth-order valence-corrected chi connectivity index (χ4v) is 2.75. The number of carbonyl (C=O) groups is 1. The van der Waals surface area contributed by atoms with E-state index in [1.807, 2.05) is 4.90 Å². The van der Waals surface area contributed by atoms with Crippen molar-refractivity contribution in [2.24, 2.45) is 5.92 Å². The molecular formula is C15H22N2O2. The van der Waals surface area contributed by atoms with Gasteiger partial charge in [0.25, 0.3) is 5.91 Å². The van der Waals surface area contributed by atoms with Gasteiger partial charge in [0.1, 0.15) is 0 Å². The zero-order valence-corrected chi connectivity index (χ0v) is 11.7. The highest BCUT2D eigenvalue weighted by Crippen LogP contribution is 2.25. The van der Waals surface area contributed by atoms with Crippen LogP contribution in [0.15, 0.2) is 23.1 Å². The van der Waals surface area contributed by atoms with Gasteiger partial charge in [-0.2, -0.15) is 0 Å². The van der Waals surface area contributed by atoms with Crippen LogP contribution in [0.1, 0.15) is 49.9 Å². The molecular weight excluding hydrogens is 240 g/mol. The Morgan fingerprint density at radius 1 is 1.42 bits per heavy atom. The molecule has 4 heteroatoms. The molecule has 1 amide bonds. The lowest BCUT2D eigenvalue weighted by Crippen LogP contribution is -2.41. The maximum Gasteiger partial charge on any atom is 0.254 e. The first kappa shape index (κ1) is 13.8. The Morgan fingerprint density at radius 3 is 2.68 bits per heavy atom. The molecule has 104 valence electrons. The SMILES string of the molecule is CC(C)CN(C(=O)c1cc[nH]c(=O)c1)C1CCCC1. The van der Waals surface area contributed by atoms with Gasteiger partial charge in [-0.15, -0.1) is 0 Å². The Hall–Kier alpha value is -1.58. The smallest absolute Gasteiger partial charge is 0.254 e. The molecule has 1 fully saturated rings. The first-order valence-corrected chi connectivity index (χ1v) is 7.07. The molecule has 0 aliphatic heterocycles. The van der Waals surface area contributed by atoms with Gasteiger partial charge < -0.3 is 9.88 Å². The molecule has 1 aromatic heterocycles. The number of nitrogens with one attached hydrogen (secondary N) is 1. The van der Waals surface area contributed by atoms with E-state index in [9.17, 15) is 9.59 Å². The van der Waals surface area contributed by atoms with Crippen LogP contribution in [0.3, 0.4) is 0 Å². The molecule has 0 atom stereocenters. The Kier molecular flexibility index (Phi) is 4.40. The number of aromatic amines is 1. The van der Waals surface area contributed by atoms with E-state index in [0.717, 1.165) is 19.4 Å². The molecule has 0 unspecified atom stereocenters. The van der Waals surface area contributed by atoms with Crippen LogP contribution in [0.25, 0.3) is 0 Å². The molecule has 19 heavy (non-hydrogen) atoms. The highest BCUT2D eigenvalue weighted by molar-refractivity contribution is 5.94. The number of carbonyl (C=O) groups excluding carboxylic acids is 1. The third-order valence-corrected chi connectivity index (χ3v) is 3.61. The third kappa shape index (κ3) is 3.46. The molecule has 0 radical (unpaired) electrons. The molecule has 4 nitrogen and oxygen atoms in total. The molecule has 1 heterocycles. The summed E-state index contributed by atoms with van der Waals surface area (Å²) in [5.74, 6) is 0.429. The molecule has 1 saturated carbocycles. The van der Waals surface area contributed by atoms with Gasteiger partial charge in [-0.05, 0) is 24.8 Å². The number of nitrogens with zero attached hydrogens (tertiary/aromatic N) is 1. The fraction of sp³-hybridized carbons (Fsp3) is 0.600. The average molecular weight is 262 g/mol. The molecule has 0 spiro atoms. The highest BCUT2D eigenvalue weighted by atomic mass is 16.2. The summed E-state index contributed by atoms with van der Waals surface area (Å²) in [6, 6.07) is 3.42. The van der Waals surface area contributed by atoms with Crippen LogP contribution in [0.2, 0.25) is 0 Å². The van der Waals surface area contributed by atoms with Crippen LogP contribution < -0.4 is 5.56 Å². The summed E-state index contributed by atoms with van der Waals surface area (Å²) >= 11 is 0. The summed E-state index contributed by atoms with van der Waals surface area (Å²) < 4.78 is 0. The topological polar surface area (TPSA) is 53.2 Å². The van der Waals surface area contributed by atoms with Gasteiger partial charge in [0.2, 0.25) is 5.56 Å². The van der Waals surface area contributed by atoms with E-state index in [1.54, 1.807) is 6.07 Å². The Labute approximate surface area is 113 Å². The summed E-state index contributed by atoms with van der Waals surface area (Å²) in [5.41, 5.74) is 0.276. The predicted molar refractivity (Wildman–Crippen MR) is 75.2 cm³/mol. The molecule has 2 rings (SSSR count). The lowest BCUT2D eigenvalue weighted by molar-refractivity contribution is 0.0655. The van der Waals surface area contributed by atoms with Crippen molar-refractivity contribution in [3.8, 4) is 0 Å². The minimum atomic E-state index is -0.221. The van der Waals surface area contributed by atoms with Gasteiger partial charge in [0.15, 0.2) is 0 Å². The maximum atomic E-state index is 12.6. The molecule has 1 aliphatic carbocycles. The summed E-state index contributed by atoms with van der Waals surface area (Å²) in [5, 5.41) is 0. The van der Waals surface area contributed by atoms with E-state index in [0.29, 0.717) is 17.5 Å². The number of hydrogen-bond donors (Lipinski definition) is 1. The summed E-state index contributed by atoms with van der Waals surface area (Å²) in [6.45, 7) is 5.00. The standard InChI is InChI=1S/C15H22N2O2/c1-11(2)10-17(13-5-3-4-6-13)15(19)12-7-8-16-14(18)9-12/h7-9,11,13H,3-6,10H2,1-2H3,(H,16,18). The van der Waals surface area contributed by atoms with E-state index < -0.39 is 0 Å². The van der Waals surface area contributed by atoms with Crippen LogP contribution in [0.4, 0.5) is 0 Å². The van der Waals surface area contributed by atoms with Crippen molar-refractivity contribution in [1.82, 2.24) is 9.88 Å². The minimum Gasteiger partial charge on any atom is -0.335 e. The summed E-state index contributed by atoms with van der Waals surface area (Å²) in [7, 11) is 0. The van der Waals surface area contributed by atoms with Crippen molar-refractivity contribution in [3.63, 3.8) is 0 Å². The van der Waals surface area contributed by atoms with Gasteiger partial charge in [0, 0.05) is 30.4 Å². The number of pyridine rings is 1. The molecule has 1 aliphatic rings. The Balaban J connectivity index is 2.21. The summed E-state index contributed by atoms with van der Waals surface area (Å²) in [6.07, 6.45) is 6.10. The zero-order valence-electron chi connectivity index (χ0n) is 11.7. The van der Waals surface area contributed by atoms with E-state index in [2.05, 4.69) is 18.8 Å². The van der Waals surface area contributed by atoms with E-state index >= 15 is 0 Å². The lowest BCUT2D eigenvalue weighted by Gasteiger charge is -2.30. The number of hydrogen-bond acceptors (Lipinski definition) is 2. The molecule has 0 aromatic carbocycles.